The molecule has 0 bridgehead atoms. The summed E-state index contributed by atoms with van der Waals surface area (Å²) in [5.74, 6) is 0.702. The van der Waals surface area contributed by atoms with Crippen molar-refractivity contribution in [2.45, 2.75) is 45.1 Å². The molecule has 1 nitrogen and oxygen atoms in total. The van der Waals surface area contributed by atoms with E-state index in [1.165, 1.54) is 25.7 Å². The maximum atomic E-state index is 10.2. The molecule has 1 N–H and O–H groups in total. The van der Waals surface area contributed by atoms with E-state index in [1.807, 2.05) is 25.1 Å². The Bertz CT molecular complexity index is 356. The second-order valence-electron chi connectivity index (χ2n) is 4.86. The molecule has 1 aromatic rings. The number of rotatable bonds is 3. The van der Waals surface area contributed by atoms with Gasteiger partial charge in [0.1, 0.15) is 0 Å². The van der Waals surface area contributed by atoms with Gasteiger partial charge in [0.15, 0.2) is 0 Å². The number of halogens is 1. The largest absolute Gasteiger partial charge is 0.388 e. The van der Waals surface area contributed by atoms with Gasteiger partial charge < -0.3 is 5.11 Å². The smallest absolute Gasteiger partial charge is 0.0795 e. The van der Waals surface area contributed by atoms with Crippen molar-refractivity contribution in [3.63, 3.8) is 0 Å². The number of aliphatic hydroxyl groups is 1. The summed E-state index contributed by atoms with van der Waals surface area (Å²) < 4.78 is 0. The lowest BCUT2D eigenvalue weighted by Gasteiger charge is -2.18. The second-order valence-corrected chi connectivity index (χ2v) is 5.26. The summed E-state index contributed by atoms with van der Waals surface area (Å²) in [5, 5.41) is 11.0. The van der Waals surface area contributed by atoms with Crippen molar-refractivity contribution in [2.75, 3.05) is 0 Å². The Morgan fingerprint density at radius 2 is 2.06 bits per heavy atom. The molecule has 2 rings (SSSR count). The molecule has 0 aromatic heterocycles. The molecule has 1 aliphatic carbocycles. The van der Waals surface area contributed by atoms with E-state index >= 15 is 0 Å². The van der Waals surface area contributed by atoms with Crippen molar-refractivity contribution >= 4 is 11.6 Å². The summed E-state index contributed by atoms with van der Waals surface area (Å²) >= 11 is 6.06. The Hall–Kier alpha value is -0.530. The number of benzene rings is 1. The van der Waals surface area contributed by atoms with Crippen molar-refractivity contribution in [3.8, 4) is 0 Å². The van der Waals surface area contributed by atoms with Crippen LogP contribution in [0.1, 0.15) is 49.3 Å². The summed E-state index contributed by atoms with van der Waals surface area (Å²) in [6, 6.07) is 5.78. The molecule has 88 valence electrons. The van der Waals surface area contributed by atoms with Gasteiger partial charge in [-0.1, -0.05) is 49.4 Å². The predicted octanol–water partition coefficient (Wildman–Crippen LogP) is 4.26. The van der Waals surface area contributed by atoms with Crippen LogP contribution >= 0.6 is 11.6 Å². The molecule has 0 radical (unpaired) electrons. The number of hydrogen-bond acceptors (Lipinski definition) is 1. The van der Waals surface area contributed by atoms with Crippen LogP contribution in [0, 0.1) is 12.8 Å². The van der Waals surface area contributed by atoms with Crippen LogP contribution in [0.4, 0.5) is 0 Å². The topological polar surface area (TPSA) is 20.2 Å². The summed E-state index contributed by atoms with van der Waals surface area (Å²) in [7, 11) is 0. The van der Waals surface area contributed by atoms with Crippen molar-refractivity contribution in [1.82, 2.24) is 0 Å². The van der Waals surface area contributed by atoms with Gasteiger partial charge in [0.05, 0.1) is 6.10 Å². The average Bonchev–Trinajstić information content (AvgIpc) is 2.74. The molecule has 2 heteroatoms. The molecular weight excluding hydrogens is 220 g/mol. The second kappa shape index (κ2) is 5.20. The lowest BCUT2D eigenvalue weighted by molar-refractivity contribution is 0.144. The minimum absolute atomic E-state index is 0.346. The zero-order valence-electron chi connectivity index (χ0n) is 9.75. The van der Waals surface area contributed by atoms with Crippen LogP contribution in [0.5, 0.6) is 0 Å². The summed E-state index contributed by atoms with van der Waals surface area (Å²) in [5.41, 5.74) is 2.02. The van der Waals surface area contributed by atoms with E-state index < -0.39 is 0 Å². The van der Waals surface area contributed by atoms with Gasteiger partial charge in [-0.15, -0.1) is 0 Å². The monoisotopic (exact) mass is 238 g/mol. The molecule has 0 spiro atoms. The fourth-order valence-electron chi connectivity index (χ4n) is 2.67. The Morgan fingerprint density at radius 3 is 2.75 bits per heavy atom. The first kappa shape index (κ1) is 11.9. The molecule has 0 heterocycles. The van der Waals surface area contributed by atoms with E-state index in [0.29, 0.717) is 5.92 Å². The van der Waals surface area contributed by atoms with Gasteiger partial charge in [-0.2, -0.15) is 0 Å². The van der Waals surface area contributed by atoms with Crippen LogP contribution in [0.15, 0.2) is 18.2 Å². The Kier molecular flexibility index (Phi) is 3.88. The normalized spacial score (nSPS) is 18.9. The molecular formula is C14H19ClO. The van der Waals surface area contributed by atoms with Crippen molar-refractivity contribution in [3.05, 3.63) is 34.3 Å². The first-order valence-electron chi connectivity index (χ1n) is 6.11. The third kappa shape index (κ3) is 2.58. The van der Waals surface area contributed by atoms with E-state index in [-0.39, 0.29) is 6.10 Å². The highest BCUT2D eigenvalue weighted by Crippen LogP contribution is 2.34. The van der Waals surface area contributed by atoms with Gasteiger partial charge in [-0.05, 0) is 36.5 Å². The molecule has 1 saturated carbocycles. The highest BCUT2D eigenvalue weighted by molar-refractivity contribution is 6.31. The standard InChI is InChI=1S/C14H19ClO/c1-10-12(7-4-8-13(10)15)14(16)9-11-5-2-3-6-11/h4,7-8,11,14,16H,2-3,5-6,9H2,1H3. The van der Waals surface area contributed by atoms with E-state index in [9.17, 15) is 5.11 Å². The lowest BCUT2D eigenvalue weighted by Crippen LogP contribution is -2.06. The molecule has 1 unspecified atom stereocenters. The van der Waals surface area contributed by atoms with Gasteiger partial charge in [0.2, 0.25) is 0 Å². The van der Waals surface area contributed by atoms with Crippen LogP contribution in [0.25, 0.3) is 0 Å². The average molecular weight is 239 g/mol. The minimum atomic E-state index is -0.346. The quantitative estimate of drug-likeness (QED) is 0.834. The first-order chi connectivity index (χ1) is 7.68. The van der Waals surface area contributed by atoms with Crippen molar-refractivity contribution in [1.29, 1.82) is 0 Å². The summed E-state index contributed by atoms with van der Waals surface area (Å²) in [6.45, 7) is 1.98. The molecule has 1 atom stereocenters. The number of aliphatic hydroxyl groups excluding tert-OH is 1. The third-order valence-corrected chi connectivity index (χ3v) is 4.11. The molecule has 1 aliphatic rings. The van der Waals surface area contributed by atoms with Crippen LogP contribution in [-0.2, 0) is 0 Å². The molecule has 0 amide bonds. The van der Waals surface area contributed by atoms with Gasteiger partial charge in [0.25, 0.3) is 0 Å². The Balaban J connectivity index is 2.07. The van der Waals surface area contributed by atoms with Crippen LogP contribution in [-0.4, -0.2) is 5.11 Å². The van der Waals surface area contributed by atoms with Crippen LogP contribution < -0.4 is 0 Å². The van der Waals surface area contributed by atoms with Gasteiger partial charge in [-0.25, -0.2) is 0 Å². The van der Waals surface area contributed by atoms with Crippen LogP contribution in [0.3, 0.4) is 0 Å². The van der Waals surface area contributed by atoms with E-state index in [4.69, 9.17) is 11.6 Å². The molecule has 16 heavy (non-hydrogen) atoms. The minimum Gasteiger partial charge on any atom is -0.388 e. The molecule has 1 aromatic carbocycles. The maximum Gasteiger partial charge on any atom is 0.0795 e. The molecule has 1 fully saturated rings. The van der Waals surface area contributed by atoms with E-state index in [0.717, 1.165) is 22.6 Å². The van der Waals surface area contributed by atoms with E-state index in [2.05, 4.69) is 0 Å². The fourth-order valence-corrected chi connectivity index (χ4v) is 2.86. The van der Waals surface area contributed by atoms with Gasteiger partial charge in [0, 0.05) is 5.02 Å². The zero-order chi connectivity index (χ0) is 11.5. The highest BCUT2D eigenvalue weighted by Gasteiger charge is 2.21. The van der Waals surface area contributed by atoms with Crippen LogP contribution in [0.2, 0.25) is 5.02 Å². The Morgan fingerprint density at radius 1 is 1.38 bits per heavy atom. The SMILES string of the molecule is Cc1c(Cl)cccc1C(O)CC1CCCC1. The zero-order valence-corrected chi connectivity index (χ0v) is 10.5. The van der Waals surface area contributed by atoms with E-state index in [1.54, 1.807) is 0 Å². The predicted molar refractivity (Wildman–Crippen MR) is 67.7 cm³/mol. The first-order valence-corrected chi connectivity index (χ1v) is 6.49. The fraction of sp³-hybridized carbons (Fsp3) is 0.571. The van der Waals surface area contributed by atoms with Crippen molar-refractivity contribution in [2.24, 2.45) is 5.92 Å². The molecule has 0 aliphatic heterocycles. The highest BCUT2D eigenvalue weighted by atomic mass is 35.5. The summed E-state index contributed by atoms with van der Waals surface area (Å²) in [6.07, 6.45) is 5.74. The number of hydrogen-bond donors (Lipinski definition) is 1. The lowest BCUT2D eigenvalue weighted by atomic mass is 9.93. The van der Waals surface area contributed by atoms with Gasteiger partial charge in [-0.3, -0.25) is 0 Å². The Labute approximate surface area is 102 Å². The summed E-state index contributed by atoms with van der Waals surface area (Å²) in [4.78, 5) is 0. The van der Waals surface area contributed by atoms with Crippen molar-refractivity contribution < 1.29 is 5.11 Å². The third-order valence-electron chi connectivity index (χ3n) is 3.70. The van der Waals surface area contributed by atoms with Gasteiger partial charge >= 0.3 is 0 Å². The maximum absolute atomic E-state index is 10.2. The molecule has 0 saturated heterocycles.